The average Bonchev–Trinajstić information content (AvgIpc) is 2.33. The van der Waals surface area contributed by atoms with Gasteiger partial charge in [-0.3, -0.25) is 0 Å². The van der Waals surface area contributed by atoms with Gasteiger partial charge in [-0.2, -0.15) is 0 Å². The molecule has 0 unspecified atom stereocenters. The Morgan fingerprint density at radius 1 is 1.44 bits per heavy atom. The van der Waals surface area contributed by atoms with Gasteiger partial charge in [0.15, 0.2) is 6.39 Å². The molecule has 0 aromatic carbocycles. The average molecular weight is 119 g/mol. The van der Waals surface area contributed by atoms with Gasteiger partial charge in [0.1, 0.15) is 5.52 Å². The Hall–Kier alpha value is -1.38. The van der Waals surface area contributed by atoms with Crippen LogP contribution in [0.5, 0.6) is 0 Å². The Labute approximate surface area is 51.3 Å². The van der Waals surface area contributed by atoms with E-state index >= 15 is 0 Å². The summed E-state index contributed by atoms with van der Waals surface area (Å²) < 4.78 is 4.88. The first-order valence-electron chi connectivity index (χ1n) is 2.52. The summed E-state index contributed by atoms with van der Waals surface area (Å²) in [6.07, 6.45) is 2.92. The first-order valence-corrected chi connectivity index (χ1v) is 2.52. The third kappa shape index (κ3) is 0.579. The van der Waals surface area contributed by atoms with E-state index in [0.29, 0.717) is 5.71 Å². The van der Waals surface area contributed by atoms with E-state index in [9.17, 15) is 0 Å². The van der Waals surface area contributed by atoms with Gasteiger partial charge in [0, 0.05) is 12.3 Å². The standard InChI is InChI=1S/C6H3N2O/c1-2-5-6(7-3-1)9-4-8-5/h2-4H. The fraction of sp³-hybridized carbons (Fsp3) is 0. The summed E-state index contributed by atoms with van der Waals surface area (Å²) in [5.41, 5.74) is 1.31. The van der Waals surface area contributed by atoms with Crippen molar-refractivity contribution in [2.24, 2.45) is 0 Å². The molecule has 0 spiro atoms. The van der Waals surface area contributed by atoms with Crippen LogP contribution in [-0.2, 0) is 0 Å². The van der Waals surface area contributed by atoms with Crippen LogP contribution >= 0.6 is 0 Å². The second kappa shape index (κ2) is 1.55. The lowest BCUT2D eigenvalue weighted by Crippen LogP contribution is -1.69. The third-order valence-electron chi connectivity index (χ3n) is 1.05. The van der Waals surface area contributed by atoms with Crippen LogP contribution in [-0.4, -0.2) is 9.97 Å². The summed E-state index contributed by atoms with van der Waals surface area (Å²) in [7, 11) is 0. The van der Waals surface area contributed by atoms with Gasteiger partial charge in [-0.05, 0) is 6.07 Å². The molecule has 43 valence electrons. The van der Waals surface area contributed by atoms with Crippen LogP contribution in [0.2, 0.25) is 0 Å². The molecule has 0 aliphatic heterocycles. The Kier molecular flexibility index (Phi) is 0.773. The molecule has 0 fully saturated rings. The predicted octanol–water partition coefficient (Wildman–Crippen LogP) is 1.02. The van der Waals surface area contributed by atoms with Crippen molar-refractivity contribution in [3.05, 3.63) is 24.7 Å². The highest BCUT2D eigenvalue weighted by Gasteiger charge is 1.93. The van der Waals surface area contributed by atoms with E-state index < -0.39 is 0 Å². The molecule has 0 aliphatic carbocycles. The predicted molar refractivity (Wildman–Crippen MR) is 30.6 cm³/mol. The zero-order valence-corrected chi connectivity index (χ0v) is 4.53. The molecule has 3 nitrogen and oxygen atoms in total. The number of rotatable bonds is 0. The minimum Gasteiger partial charge on any atom is -0.425 e. The van der Waals surface area contributed by atoms with E-state index in [2.05, 4.69) is 16.0 Å². The molecule has 1 radical (unpaired) electrons. The van der Waals surface area contributed by atoms with Crippen LogP contribution in [0.3, 0.4) is 0 Å². The summed E-state index contributed by atoms with van der Waals surface area (Å²) in [5, 5.41) is 0. The smallest absolute Gasteiger partial charge is 0.246 e. The first-order chi connectivity index (χ1) is 4.47. The second-order valence-corrected chi connectivity index (χ2v) is 1.61. The monoisotopic (exact) mass is 119 g/mol. The summed E-state index contributed by atoms with van der Waals surface area (Å²) in [6, 6.07) is 4.52. The molecule has 0 saturated carbocycles. The molecule has 2 aromatic rings. The van der Waals surface area contributed by atoms with Crippen molar-refractivity contribution >= 4 is 11.2 Å². The number of fused-ring (bicyclic) bond motifs is 1. The summed E-state index contributed by atoms with van der Waals surface area (Å²) in [6.45, 7) is 0. The van der Waals surface area contributed by atoms with Crippen LogP contribution in [0.15, 0.2) is 23.1 Å². The fourth-order valence-electron chi connectivity index (χ4n) is 0.656. The van der Waals surface area contributed by atoms with E-state index in [4.69, 9.17) is 4.42 Å². The van der Waals surface area contributed by atoms with Crippen molar-refractivity contribution in [2.45, 2.75) is 0 Å². The molecule has 3 heteroatoms. The zero-order chi connectivity index (χ0) is 6.10. The number of nitrogens with zero attached hydrogens (tertiary/aromatic N) is 2. The summed E-state index contributed by atoms with van der Waals surface area (Å²) in [5.74, 6) is 0. The molecule has 0 aliphatic rings. The lowest BCUT2D eigenvalue weighted by molar-refractivity contribution is 0.590. The topological polar surface area (TPSA) is 38.9 Å². The largest absolute Gasteiger partial charge is 0.425 e. The number of hydrogen-bond acceptors (Lipinski definition) is 3. The van der Waals surface area contributed by atoms with E-state index in [0.717, 1.165) is 5.52 Å². The SMILES string of the molecule is [c]1cnc2ocnc2c1. The second-order valence-electron chi connectivity index (χ2n) is 1.61. The molecule has 2 heterocycles. The van der Waals surface area contributed by atoms with Gasteiger partial charge in [-0.1, -0.05) is 0 Å². The van der Waals surface area contributed by atoms with Gasteiger partial charge in [0.2, 0.25) is 5.71 Å². The fourth-order valence-corrected chi connectivity index (χ4v) is 0.656. The molecule has 0 amide bonds. The molecule has 0 N–H and O–H groups in total. The molecular weight excluding hydrogens is 116 g/mol. The number of aromatic nitrogens is 2. The van der Waals surface area contributed by atoms with Crippen LogP contribution in [0.25, 0.3) is 11.2 Å². The third-order valence-corrected chi connectivity index (χ3v) is 1.05. The van der Waals surface area contributed by atoms with Crippen LogP contribution < -0.4 is 0 Å². The highest BCUT2D eigenvalue weighted by Crippen LogP contribution is 2.04. The molecule has 2 rings (SSSR count). The Morgan fingerprint density at radius 2 is 2.44 bits per heavy atom. The maximum absolute atomic E-state index is 4.88. The minimum absolute atomic E-state index is 0.564. The van der Waals surface area contributed by atoms with Crippen molar-refractivity contribution < 1.29 is 4.42 Å². The molecule has 0 atom stereocenters. The summed E-state index contributed by atoms with van der Waals surface area (Å²) >= 11 is 0. The lowest BCUT2D eigenvalue weighted by Gasteiger charge is -1.78. The van der Waals surface area contributed by atoms with Crippen LogP contribution in [0.4, 0.5) is 0 Å². The van der Waals surface area contributed by atoms with Crippen molar-refractivity contribution in [1.82, 2.24) is 9.97 Å². The van der Waals surface area contributed by atoms with Crippen LogP contribution in [0.1, 0.15) is 0 Å². The number of hydrogen-bond donors (Lipinski definition) is 0. The van der Waals surface area contributed by atoms with E-state index in [-0.39, 0.29) is 0 Å². The normalized spacial score (nSPS) is 10.2. The van der Waals surface area contributed by atoms with Gasteiger partial charge >= 0.3 is 0 Å². The van der Waals surface area contributed by atoms with Gasteiger partial charge in [0.25, 0.3) is 0 Å². The molecule has 0 saturated heterocycles. The Balaban J connectivity index is 2.95. The molecule has 0 bridgehead atoms. The zero-order valence-electron chi connectivity index (χ0n) is 4.53. The highest BCUT2D eigenvalue weighted by atomic mass is 16.3. The van der Waals surface area contributed by atoms with E-state index in [1.165, 1.54) is 6.39 Å². The summed E-state index contributed by atoms with van der Waals surface area (Å²) in [4.78, 5) is 7.71. The Bertz CT molecular complexity index is 285. The number of pyridine rings is 1. The maximum atomic E-state index is 4.88. The van der Waals surface area contributed by atoms with Crippen molar-refractivity contribution in [2.75, 3.05) is 0 Å². The molecule has 2 aromatic heterocycles. The lowest BCUT2D eigenvalue weighted by atomic mass is 10.5. The number of oxazole rings is 1. The van der Waals surface area contributed by atoms with Crippen molar-refractivity contribution in [1.29, 1.82) is 0 Å². The molecule has 9 heavy (non-hydrogen) atoms. The van der Waals surface area contributed by atoms with Gasteiger partial charge < -0.3 is 4.42 Å². The highest BCUT2D eigenvalue weighted by molar-refractivity contribution is 5.66. The maximum Gasteiger partial charge on any atom is 0.246 e. The Morgan fingerprint density at radius 3 is 3.33 bits per heavy atom. The van der Waals surface area contributed by atoms with Crippen molar-refractivity contribution in [3.8, 4) is 0 Å². The van der Waals surface area contributed by atoms with Gasteiger partial charge in [-0.25, -0.2) is 9.97 Å². The van der Waals surface area contributed by atoms with E-state index in [1.807, 2.05) is 0 Å². The molecular formula is C6H3N2O. The van der Waals surface area contributed by atoms with Gasteiger partial charge in [0.05, 0.1) is 0 Å². The van der Waals surface area contributed by atoms with Crippen LogP contribution in [0, 0.1) is 6.07 Å². The minimum atomic E-state index is 0.564. The van der Waals surface area contributed by atoms with Crippen molar-refractivity contribution in [3.63, 3.8) is 0 Å². The van der Waals surface area contributed by atoms with Gasteiger partial charge in [-0.15, -0.1) is 0 Å². The quantitative estimate of drug-likeness (QED) is 0.519. The van der Waals surface area contributed by atoms with E-state index in [1.54, 1.807) is 12.3 Å². The first kappa shape index (κ1) is 4.49.